The first kappa shape index (κ1) is 13.5. The van der Waals surface area contributed by atoms with Crippen LogP contribution in [0.3, 0.4) is 0 Å². The van der Waals surface area contributed by atoms with Gasteiger partial charge in [-0.3, -0.25) is 9.69 Å². The molecule has 0 aromatic rings. The van der Waals surface area contributed by atoms with Crippen molar-refractivity contribution in [2.75, 3.05) is 32.7 Å². The molecular formula is C12H25N3O. The van der Waals surface area contributed by atoms with Crippen LogP contribution in [0.4, 0.5) is 0 Å². The number of carbonyl (C=O) groups is 1. The van der Waals surface area contributed by atoms with Crippen molar-refractivity contribution in [1.82, 2.24) is 9.80 Å². The molecule has 0 bridgehead atoms. The van der Waals surface area contributed by atoms with E-state index in [1.165, 1.54) is 0 Å². The molecule has 1 rings (SSSR count). The van der Waals surface area contributed by atoms with Crippen molar-refractivity contribution in [1.29, 1.82) is 0 Å². The van der Waals surface area contributed by atoms with E-state index in [0.717, 1.165) is 26.2 Å². The maximum atomic E-state index is 11.2. The van der Waals surface area contributed by atoms with Crippen LogP contribution in [0, 0.1) is 5.41 Å². The van der Waals surface area contributed by atoms with Crippen molar-refractivity contribution in [3.05, 3.63) is 0 Å². The van der Waals surface area contributed by atoms with Crippen LogP contribution in [0.1, 0.15) is 27.7 Å². The molecule has 1 atom stereocenters. The van der Waals surface area contributed by atoms with Gasteiger partial charge in [0.05, 0.1) is 0 Å². The van der Waals surface area contributed by atoms with Crippen LogP contribution in [0.5, 0.6) is 0 Å². The number of rotatable bonds is 2. The van der Waals surface area contributed by atoms with Crippen molar-refractivity contribution in [3.63, 3.8) is 0 Å². The number of nitrogens with two attached hydrogens (primary N) is 1. The number of carbonyl (C=O) groups excluding carboxylic acids is 1. The van der Waals surface area contributed by atoms with Gasteiger partial charge in [0.1, 0.15) is 0 Å². The molecule has 0 aliphatic carbocycles. The van der Waals surface area contributed by atoms with Gasteiger partial charge in [0.15, 0.2) is 0 Å². The monoisotopic (exact) mass is 227 g/mol. The Labute approximate surface area is 98.8 Å². The summed E-state index contributed by atoms with van der Waals surface area (Å²) in [6.45, 7) is 12.6. The average Bonchev–Trinajstić information content (AvgIpc) is 2.17. The van der Waals surface area contributed by atoms with E-state index < -0.39 is 0 Å². The summed E-state index contributed by atoms with van der Waals surface area (Å²) in [4.78, 5) is 15.6. The zero-order chi connectivity index (χ0) is 12.3. The van der Waals surface area contributed by atoms with Gasteiger partial charge in [-0.2, -0.15) is 0 Å². The highest BCUT2D eigenvalue weighted by molar-refractivity contribution is 5.73. The molecule has 2 N–H and O–H groups in total. The van der Waals surface area contributed by atoms with Gasteiger partial charge in [0, 0.05) is 45.7 Å². The first-order valence-corrected chi connectivity index (χ1v) is 6.06. The van der Waals surface area contributed by atoms with Crippen molar-refractivity contribution < 1.29 is 4.79 Å². The maximum Gasteiger partial charge on any atom is 0.219 e. The second kappa shape index (κ2) is 5.15. The van der Waals surface area contributed by atoms with Gasteiger partial charge < -0.3 is 10.6 Å². The van der Waals surface area contributed by atoms with Gasteiger partial charge in [0.25, 0.3) is 0 Å². The van der Waals surface area contributed by atoms with Crippen LogP contribution in [0.2, 0.25) is 0 Å². The Balaban J connectivity index is 2.55. The topological polar surface area (TPSA) is 49.6 Å². The summed E-state index contributed by atoms with van der Waals surface area (Å²) in [6.07, 6.45) is 0. The van der Waals surface area contributed by atoms with E-state index in [0.29, 0.717) is 12.6 Å². The van der Waals surface area contributed by atoms with Gasteiger partial charge in [-0.05, 0) is 5.41 Å². The van der Waals surface area contributed by atoms with E-state index in [-0.39, 0.29) is 11.3 Å². The molecule has 0 aromatic carbocycles. The molecule has 1 aliphatic heterocycles. The fraction of sp³-hybridized carbons (Fsp3) is 0.917. The smallest absolute Gasteiger partial charge is 0.219 e. The largest absolute Gasteiger partial charge is 0.340 e. The van der Waals surface area contributed by atoms with Gasteiger partial charge in [0.2, 0.25) is 5.91 Å². The highest BCUT2D eigenvalue weighted by Gasteiger charge is 2.31. The molecule has 0 aromatic heterocycles. The lowest BCUT2D eigenvalue weighted by molar-refractivity contribution is -0.131. The molecule has 1 saturated heterocycles. The molecule has 1 aliphatic rings. The summed E-state index contributed by atoms with van der Waals surface area (Å²) in [7, 11) is 0. The highest BCUT2D eigenvalue weighted by atomic mass is 16.2. The van der Waals surface area contributed by atoms with Crippen LogP contribution in [-0.4, -0.2) is 54.5 Å². The Bertz CT molecular complexity index is 239. The third-order valence-electron chi connectivity index (χ3n) is 3.42. The van der Waals surface area contributed by atoms with E-state index in [1.807, 2.05) is 4.90 Å². The van der Waals surface area contributed by atoms with Crippen LogP contribution in [0.15, 0.2) is 0 Å². The quantitative estimate of drug-likeness (QED) is 0.748. The molecule has 0 spiro atoms. The molecule has 1 heterocycles. The van der Waals surface area contributed by atoms with Crippen LogP contribution in [0.25, 0.3) is 0 Å². The van der Waals surface area contributed by atoms with Gasteiger partial charge in [-0.25, -0.2) is 0 Å². The molecule has 0 saturated carbocycles. The zero-order valence-electron chi connectivity index (χ0n) is 11.0. The zero-order valence-corrected chi connectivity index (χ0v) is 11.0. The fourth-order valence-electron chi connectivity index (χ4n) is 2.40. The maximum absolute atomic E-state index is 11.2. The van der Waals surface area contributed by atoms with Crippen LogP contribution in [-0.2, 0) is 4.79 Å². The number of amides is 1. The average molecular weight is 227 g/mol. The number of hydrogen-bond acceptors (Lipinski definition) is 3. The molecule has 4 heteroatoms. The van der Waals surface area contributed by atoms with E-state index in [9.17, 15) is 4.79 Å². The standard InChI is InChI=1S/C12H25N3O/c1-10(16)14-5-7-15(8-6-14)11(9-13)12(2,3)4/h11H,5-9,13H2,1-4H3. The molecule has 1 amide bonds. The summed E-state index contributed by atoms with van der Waals surface area (Å²) >= 11 is 0. The minimum atomic E-state index is 0.180. The Morgan fingerprint density at radius 3 is 2.06 bits per heavy atom. The SMILES string of the molecule is CC(=O)N1CCN(C(CN)C(C)(C)C)CC1. The number of nitrogens with zero attached hydrogens (tertiary/aromatic N) is 2. The lowest BCUT2D eigenvalue weighted by atomic mass is 9.85. The first-order valence-electron chi connectivity index (χ1n) is 6.06. The van der Waals surface area contributed by atoms with E-state index in [1.54, 1.807) is 6.92 Å². The Hall–Kier alpha value is -0.610. The predicted octanol–water partition coefficient (Wildman–Crippen LogP) is 0.524. The van der Waals surface area contributed by atoms with Gasteiger partial charge in [-0.15, -0.1) is 0 Å². The minimum absolute atomic E-state index is 0.180. The molecule has 1 fully saturated rings. The lowest BCUT2D eigenvalue weighted by Crippen LogP contribution is -2.56. The number of hydrogen-bond donors (Lipinski definition) is 1. The first-order chi connectivity index (χ1) is 7.36. The summed E-state index contributed by atoms with van der Waals surface area (Å²) in [5.41, 5.74) is 6.06. The van der Waals surface area contributed by atoms with Gasteiger partial charge in [-0.1, -0.05) is 20.8 Å². The molecule has 1 unspecified atom stereocenters. The minimum Gasteiger partial charge on any atom is -0.340 e. The molecule has 16 heavy (non-hydrogen) atoms. The highest BCUT2D eigenvalue weighted by Crippen LogP contribution is 2.24. The predicted molar refractivity (Wildman–Crippen MR) is 66.1 cm³/mol. The summed E-state index contributed by atoms with van der Waals surface area (Å²) in [6, 6.07) is 0.404. The molecule has 0 radical (unpaired) electrons. The third kappa shape index (κ3) is 3.19. The lowest BCUT2D eigenvalue weighted by Gasteiger charge is -2.44. The van der Waals surface area contributed by atoms with E-state index in [2.05, 4.69) is 25.7 Å². The van der Waals surface area contributed by atoms with Gasteiger partial charge >= 0.3 is 0 Å². The Morgan fingerprint density at radius 2 is 1.75 bits per heavy atom. The second-order valence-electron chi connectivity index (χ2n) is 5.66. The molecule has 94 valence electrons. The third-order valence-corrected chi connectivity index (χ3v) is 3.42. The summed E-state index contributed by atoms with van der Waals surface area (Å²) < 4.78 is 0. The normalized spacial score (nSPS) is 20.9. The van der Waals surface area contributed by atoms with E-state index in [4.69, 9.17) is 5.73 Å². The van der Waals surface area contributed by atoms with Crippen LogP contribution < -0.4 is 5.73 Å². The number of piperazine rings is 1. The van der Waals surface area contributed by atoms with Crippen molar-refractivity contribution >= 4 is 5.91 Å². The molecular weight excluding hydrogens is 202 g/mol. The Kier molecular flexibility index (Phi) is 4.33. The van der Waals surface area contributed by atoms with E-state index >= 15 is 0 Å². The fourth-order valence-corrected chi connectivity index (χ4v) is 2.40. The van der Waals surface area contributed by atoms with Crippen molar-refractivity contribution in [2.45, 2.75) is 33.7 Å². The summed E-state index contributed by atoms with van der Waals surface area (Å²) in [5.74, 6) is 0.180. The van der Waals surface area contributed by atoms with Crippen molar-refractivity contribution in [3.8, 4) is 0 Å². The second-order valence-corrected chi connectivity index (χ2v) is 5.66. The molecule has 4 nitrogen and oxygen atoms in total. The van der Waals surface area contributed by atoms with Crippen LogP contribution >= 0.6 is 0 Å². The Morgan fingerprint density at radius 1 is 1.25 bits per heavy atom. The van der Waals surface area contributed by atoms with Crippen molar-refractivity contribution in [2.24, 2.45) is 11.1 Å². The summed E-state index contributed by atoms with van der Waals surface area (Å²) in [5, 5.41) is 0.